The van der Waals surface area contributed by atoms with Gasteiger partial charge in [0.15, 0.2) is 0 Å². The zero-order chi connectivity index (χ0) is 10.0. The lowest BCUT2D eigenvalue weighted by atomic mass is 10.0. The summed E-state index contributed by atoms with van der Waals surface area (Å²) in [6.45, 7) is 4.20. The van der Waals surface area contributed by atoms with Gasteiger partial charge in [0.25, 0.3) is 0 Å². The molecule has 0 aliphatic heterocycles. The number of halogens is 1. The molecule has 2 nitrogen and oxygen atoms in total. The minimum atomic E-state index is -0.393. The minimum absolute atomic E-state index is 0.393. The topological polar surface area (TPSA) is 43.1 Å². The normalized spacial score (nSPS) is 10.5. The van der Waals surface area contributed by atoms with Gasteiger partial charge in [0.1, 0.15) is 0 Å². The zero-order valence-corrected chi connectivity index (χ0v) is 9.26. The standard InChI is InChI=1S/C10H12BrNO/c1-6(2)8-4-3-7(10(12)13)5-9(8)11/h3-6H,1-2H3,(H2,12,13). The van der Waals surface area contributed by atoms with Crippen LogP contribution in [0.5, 0.6) is 0 Å². The van der Waals surface area contributed by atoms with Gasteiger partial charge in [-0.2, -0.15) is 0 Å². The van der Waals surface area contributed by atoms with Crippen LogP contribution in [0, 0.1) is 0 Å². The molecule has 0 heterocycles. The molecule has 0 bridgehead atoms. The first-order chi connectivity index (χ1) is 6.02. The number of carbonyl (C=O) groups is 1. The molecule has 1 aromatic carbocycles. The highest BCUT2D eigenvalue weighted by Gasteiger charge is 2.07. The summed E-state index contributed by atoms with van der Waals surface area (Å²) in [5, 5.41) is 0. The van der Waals surface area contributed by atoms with Gasteiger partial charge in [0.2, 0.25) is 5.91 Å². The van der Waals surface area contributed by atoms with E-state index in [4.69, 9.17) is 5.73 Å². The predicted molar refractivity (Wildman–Crippen MR) is 56.7 cm³/mol. The first-order valence-corrected chi connectivity index (χ1v) is 4.91. The molecule has 3 heteroatoms. The van der Waals surface area contributed by atoms with Crippen molar-refractivity contribution in [2.45, 2.75) is 19.8 Å². The fraction of sp³-hybridized carbons (Fsp3) is 0.300. The van der Waals surface area contributed by atoms with Gasteiger partial charge >= 0.3 is 0 Å². The molecule has 1 aromatic rings. The zero-order valence-electron chi connectivity index (χ0n) is 7.67. The second kappa shape index (κ2) is 3.92. The average Bonchev–Trinajstić information content (AvgIpc) is 2.03. The van der Waals surface area contributed by atoms with Crippen molar-refractivity contribution < 1.29 is 4.79 Å². The molecule has 1 rings (SSSR count). The molecule has 70 valence electrons. The van der Waals surface area contributed by atoms with Gasteiger partial charge < -0.3 is 5.73 Å². The third kappa shape index (κ3) is 2.31. The van der Waals surface area contributed by atoms with Crippen LogP contribution in [0.15, 0.2) is 22.7 Å². The third-order valence-electron chi connectivity index (χ3n) is 1.91. The molecule has 0 aromatic heterocycles. The van der Waals surface area contributed by atoms with Crippen LogP contribution in [0.2, 0.25) is 0 Å². The molecule has 13 heavy (non-hydrogen) atoms. The van der Waals surface area contributed by atoms with E-state index in [1.165, 1.54) is 5.56 Å². The third-order valence-corrected chi connectivity index (χ3v) is 2.59. The van der Waals surface area contributed by atoms with Crippen molar-refractivity contribution in [2.24, 2.45) is 5.73 Å². The predicted octanol–water partition coefficient (Wildman–Crippen LogP) is 2.67. The Labute approximate surface area is 86.3 Å². The molecule has 0 radical (unpaired) electrons. The van der Waals surface area contributed by atoms with Crippen LogP contribution in [0.1, 0.15) is 35.7 Å². The van der Waals surface area contributed by atoms with Gasteiger partial charge in [0, 0.05) is 10.0 Å². The summed E-state index contributed by atoms with van der Waals surface area (Å²) in [7, 11) is 0. The van der Waals surface area contributed by atoms with Crippen molar-refractivity contribution in [2.75, 3.05) is 0 Å². The Morgan fingerprint density at radius 3 is 2.46 bits per heavy atom. The Balaban J connectivity index is 3.13. The average molecular weight is 242 g/mol. The molecule has 0 aliphatic rings. The summed E-state index contributed by atoms with van der Waals surface area (Å²) in [5.41, 5.74) is 6.87. The van der Waals surface area contributed by atoms with Crippen LogP contribution in [0.25, 0.3) is 0 Å². The van der Waals surface area contributed by atoms with E-state index in [0.717, 1.165) is 4.47 Å². The molecular weight excluding hydrogens is 230 g/mol. The largest absolute Gasteiger partial charge is 0.366 e. The van der Waals surface area contributed by atoms with E-state index in [-0.39, 0.29) is 0 Å². The van der Waals surface area contributed by atoms with Crippen LogP contribution >= 0.6 is 15.9 Å². The molecule has 2 N–H and O–H groups in total. The molecule has 0 saturated carbocycles. The van der Waals surface area contributed by atoms with E-state index in [1.54, 1.807) is 12.1 Å². The van der Waals surface area contributed by atoms with Crippen LogP contribution in [0.4, 0.5) is 0 Å². The van der Waals surface area contributed by atoms with Crippen LogP contribution < -0.4 is 5.73 Å². The molecule has 0 spiro atoms. The lowest BCUT2D eigenvalue weighted by Crippen LogP contribution is -2.11. The van der Waals surface area contributed by atoms with Gasteiger partial charge in [-0.3, -0.25) is 4.79 Å². The van der Waals surface area contributed by atoms with Crippen LogP contribution in [-0.2, 0) is 0 Å². The fourth-order valence-electron chi connectivity index (χ4n) is 1.15. The quantitative estimate of drug-likeness (QED) is 0.851. The van der Waals surface area contributed by atoms with Crippen molar-refractivity contribution in [1.82, 2.24) is 0 Å². The van der Waals surface area contributed by atoms with Gasteiger partial charge in [-0.05, 0) is 23.6 Å². The Morgan fingerprint density at radius 1 is 1.46 bits per heavy atom. The number of benzene rings is 1. The smallest absolute Gasteiger partial charge is 0.248 e. The number of hydrogen-bond donors (Lipinski definition) is 1. The van der Waals surface area contributed by atoms with E-state index >= 15 is 0 Å². The maximum Gasteiger partial charge on any atom is 0.248 e. The Morgan fingerprint density at radius 2 is 2.08 bits per heavy atom. The Hall–Kier alpha value is -0.830. The number of carbonyl (C=O) groups excluding carboxylic acids is 1. The molecule has 1 amide bonds. The summed E-state index contributed by atoms with van der Waals surface area (Å²) in [5.74, 6) is 0.0484. The SMILES string of the molecule is CC(C)c1ccc(C(N)=O)cc1Br. The molecular formula is C10H12BrNO. The van der Waals surface area contributed by atoms with E-state index in [0.29, 0.717) is 11.5 Å². The summed E-state index contributed by atoms with van der Waals surface area (Å²) in [6.07, 6.45) is 0. The van der Waals surface area contributed by atoms with Gasteiger partial charge in [0.05, 0.1) is 0 Å². The van der Waals surface area contributed by atoms with E-state index < -0.39 is 5.91 Å². The molecule has 0 saturated heterocycles. The molecule has 0 atom stereocenters. The van der Waals surface area contributed by atoms with Crippen molar-refractivity contribution in [1.29, 1.82) is 0 Å². The van der Waals surface area contributed by atoms with Crippen LogP contribution in [-0.4, -0.2) is 5.91 Å². The number of amides is 1. The van der Waals surface area contributed by atoms with Gasteiger partial charge in [-0.15, -0.1) is 0 Å². The lowest BCUT2D eigenvalue weighted by molar-refractivity contribution is 0.1000. The maximum atomic E-state index is 10.8. The first kappa shape index (κ1) is 10.3. The van der Waals surface area contributed by atoms with E-state index in [9.17, 15) is 4.79 Å². The number of primary amides is 1. The summed E-state index contributed by atoms with van der Waals surface area (Å²) in [4.78, 5) is 10.8. The van der Waals surface area contributed by atoms with Crippen molar-refractivity contribution in [3.05, 3.63) is 33.8 Å². The second-order valence-corrected chi connectivity index (χ2v) is 4.11. The highest BCUT2D eigenvalue weighted by molar-refractivity contribution is 9.10. The highest BCUT2D eigenvalue weighted by atomic mass is 79.9. The summed E-state index contributed by atoms with van der Waals surface area (Å²) in [6, 6.07) is 5.44. The highest BCUT2D eigenvalue weighted by Crippen LogP contribution is 2.25. The van der Waals surface area contributed by atoms with E-state index in [1.807, 2.05) is 6.07 Å². The van der Waals surface area contributed by atoms with Crippen LogP contribution in [0.3, 0.4) is 0 Å². The molecule has 0 unspecified atom stereocenters. The number of rotatable bonds is 2. The van der Waals surface area contributed by atoms with Crippen molar-refractivity contribution in [3.8, 4) is 0 Å². The first-order valence-electron chi connectivity index (χ1n) is 4.11. The van der Waals surface area contributed by atoms with Crippen molar-refractivity contribution in [3.63, 3.8) is 0 Å². The minimum Gasteiger partial charge on any atom is -0.366 e. The lowest BCUT2D eigenvalue weighted by Gasteiger charge is -2.08. The summed E-state index contributed by atoms with van der Waals surface area (Å²) >= 11 is 3.41. The Bertz CT molecular complexity index is 334. The number of hydrogen-bond acceptors (Lipinski definition) is 1. The van der Waals surface area contributed by atoms with Gasteiger partial charge in [-0.25, -0.2) is 0 Å². The van der Waals surface area contributed by atoms with E-state index in [2.05, 4.69) is 29.8 Å². The molecule has 0 fully saturated rings. The second-order valence-electron chi connectivity index (χ2n) is 3.26. The Kier molecular flexibility index (Phi) is 3.09. The maximum absolute atomic E-state index is 10.8. The monoisotopic (exact) mass is 241 g/mol. The molecule has 0 aliphatic carbocycles. The van der Waals surface area contributed by atoms with Crippen molar-refractivity contribution >= 4 is 21.8 Å². The fourth-order valence-corrected chi connectivity index (χ4v) is 1.99. The number of nitrogens with two attached hydrogens (primary N) is 1. The summed E-state index contributed by atoms with van der Waals surface area (Å²) < 4.78 is 0.943. The van der Waals surface area contributed by atoms with Gasteiger partial charge in [-0.1, -0.05) is 35.8 Å².